The van der Waals surface area contributed by atoms with Gasteiger partial charge in [-0.2, -0.15) is 5.26 Å². The Bertz CT molecular complexity index is 1030. The molecule has 0 bridgehead atoms. The van der Waals surface area contributed by atoms with Crippen LogP contribution in [-0.4, -0.2) is 29.4 Å². The smallest absolute Gasteiger partial charge is 0.311 e. The molecule has 32 heavy (non-hydrogen) atoms. The molecule has 0 aliphatic carbocycles. The van der Waals surface area contributed by atoms with E-state index in [-0.39, 0.29) is 11.5 Å². The van der Waals surface area contributed by atoms with Crippen LogP contribution in [0.5, 0.6) is 0 Å². The number of rotatable bonds is 10. The summed E-state index contributed by atoms with van der Waals surface area (Å²) < 4.78 is 0. The van der Waals surface area contributed by atoms with Crippen LogP contribution in [0.25, 0.3) is 0 Å². The fourth-order valence-electron chi connectivity index (χ4n) is 2.56. The Labute approximate surface area is 197 Å². The number of alkyl halides is 1. The van der Waals surface area contributed by atoms with E-state index in [0.717, 1.165) is 11.3 Å². The van der Waals surface area contributed by atoms with Crippen LogP contribution < -0.4 is 16.4 Å². The predicted molar refractivity (Wildman–Crippen MR) is 132 cm³/mol. The van der Waals surface area contributed by atoms with Gasteiger partial charge in [-0.05, 0) is 35.9 Å². The highest BCUT2D eigenvalue weighted by atomic mass is 35.5. The molecule has 0 unspecified atom stereocenters. The summed E-state index contributed by atoms with van der Waals surface area (Å²) in [5.41, 5.74) is 7.57. The highest BCUT2D eigenvalue weighted by Crippen LogP contribution is 2.21. The maximum absolute atomic E-state index is 10.8. The SMILES string of the molecule is C=C/C=C\C=C(\Cl)Cc1cc(NCCNc2ccc([N+](=O)[O-])c(N)n2)ccc1C#N.CCl. The third kappa shape index (κ3) is 8.68. The summed E-state index contributed by atoms with van der Waals surface area (Å²) in [6.07, 6.45) is 8.88. The van der Waals surface area contributed by atoms with E-state index in [1.807, 2.05) is 12.1 Å². The molecule has 1 aromatic heterocycles. The van der Waals surface area contributed by atoms with Gasteiger partial charge in [0.15, 0.2) is 0 Å². The molecule has 1 aromatic carbocycles. The van der Waals surface area contributed by atoms with E-state index in [1.165, 1.54) is 18.5 Å². The van der Waals surface area contributed by atoms with E-state index < -0.39 is 4.92 Å². The number of anilines is 3. The molecule has 10 heteroatoms. The summed E-state index contributed by atoms with van der Waals surface area (Å²) in [4.78, 5) is 14.2. The monoisotopic (exact) mass is 474 g/mol. The number of nitrogens with two attached hydrogens (primary N) is 1. The minimum absolute atomic E-state index is 0.137. The number of pyridine rings is 1. The van der Waals surface area contributed by atoms with Gasteiger partial charge in [0.2, 0.25) is 5.82 Å². The van der Waals surface area contributed by atoms with Crippen molar-refractivity contribution >= 4 is 46.2 Å². The van der Waals surface area contributed by atoms with Crippen LogP contribution in [0.3, 0.4) is 0 Å². The molecule has 8 nitrogen and oxygen atoms in total. The molecule has 0 spiro atoms. The van der Waals surface area contributed by atoms with Crippen molar-refractivity contribution in [2.45, 2.75) is 6.42 Å². The van der Waals surface area contributed by atoms with Crippen molar-refractivity contribution in [3.05, 3.63) is 87.5 Å². The lowest BCUT2D eigenvalue weighted by molar-refractivity contribution is -0.384. The van der Waals surface area contributed by atoms with Gasteiger partial charge in [0.25, 0.3) is 0 Å². The molecule has 0 amide bonds. The zero-order valence-corrected chi connectivity index (χ0v) is 19.0. The number of benzene rings is 1. The summed E-state index contributed by atoms with van der Waals surface area (Å²) in [7, 11) is 0. The van der Waals surface area contributed by atoms with Gasteiger partial charge in [0, 0.05) is 42.7 Å². The fraction of sp³-hybridized carbons (Fsp3) is 0.182. The van der Waals surface area contributed by atoms with Crippen LogP contribution in [0.4, 0.5) is 23.0 Å². The molecule has 2 aromatic rings. The normalized spacial score (nSPS) is 10.6. The predicted octanol–water partition coefficient (Wildman–Crippen LogP) is 5.23. The van der Waals surface area contributed by atoms with Gasteiger partial charge < -0.3 is 16.4 Å². The zero-order chi connectivity index (χ0) is 23.9. The first-order valence-electron chi connectivity index (χ1n) is 9.38. The first kappa shape index (κ1) is 26.5. The minimum atomic E-state index is -0.576. The lowest BCUT2D eigenvalue weighted by Crippen LogP contribution is -2.15. The number of allylic oxidation sites excluding steroid dienone is 5. The van der Waals surface area contributed by atoms with Gasteiger partial charge in [-0.25, -0.2) is 4.98 Å². The molecular weight excluding hydrogens is 451 g/mol. The number of hydrogen-bond donors (Lipinski definition) is 3. The molecule has 0 fully saturated rings. The third-order valence-electron chi connectivity index (χ3n) is 3.97. The minimum Gasteiger partial charge on any atom is -0.383 e. The second-order valence-electron chi connectivity index (χ2n) is 6.11. The molecule has 0 aliphatic heterocycles. The number of nitrogens with one attached hydrogen (secondary N) is 2. The quantitative estimate of drug-likeness (QED) is 0.141. The lowest BCUT2D eigenvalue weighted by Gasteiger charge is -2.11. The average Bonchev–Trinajstić information content (AvgIpc) is 2.78. The van der Waals surface area contributed by atoms with Crippen LogP contribution in [-0.2, 0) is 6.42 Å². The van der Waals surface area contributed by atoms with E-state index in [2.05, 4.69) is 39.9 Å². The first-order valence-corrected chi connectivity index (χ1v) is 10.5. The Hall–Kier alpha value is -3.54. The summed E-state index contributed by atoms with van der Waals surface area (Å²) in [5, 5.41) is 27.0. The van der Waals surface area contributed by atoms with Crippen LogP contribution in [0.2, 0.25) is 0 Å². The van der Waals surface area contributed by atoms with Crippen LogP contribution >= 0.6 is 23.2 Å². The number of halogens is 2. The highest BCUT2D eigenvalue weighted by molar-refractivity contribution is 6.29. The standard InChI is InChI=1S/C21H21ClN6O2.CH3Cl/c1-2-3-4-5-17(22)12-16-13-18(7-6-15(16)14-23)25-10-11-26-20-9-8-19(28(29)30)21(24)27-20;1-2/h2-9,13,25H,1,10-12H2,(H3,24,26,27);1H3/b4-3-,17-5+;. The van der Waals surface area contributed by atoms with Crippen molar-refractivity contribution in [1.82, 2.24) is 4.98 Å². The molecule has 1 heterocycles. The number of nitriles is 1. The number of hydrogen-bond acceptors (Lipinski definition) is 7. The highest BCUT2D eigenvalue weighted by Gasteiger charge is 2.12. The molecule has 4 N–H and O–H groups in total. The van der Waals surface area contributed by atoms with Crippen LogP contribution in [0.1, 0.15) is 11.1 Å². The van der Waals surface area contributed by atoms with Crippen LogP contribution in [0, 0.1) is 21.4 Å². The van der Waals surface area contributed by atoms with Gasteiger partial charge >= 0.3 is 5.69 Å². The van der Waals surface area contributed by atoms with Gasteiger partial charge in [-0.3, -0.25) is 10.1 Å². The van der Waals surface area contributed by atoms with Gasteiger partial charge in [-0.15, -0.1) is 11.6 Å². The average molecular weight is 475 g/mol. The molecule has 0 atom stereocenters. The third-order valence-corrected chi connectivity index (χ3v) is 4.23. The van der Waals surface area contributed by atoms with Crippen molar-refractivity contribution in [3.63, 3.8) is 0 Å². The van der Waals surface area contributed by atoms with E-state index in [1.54, 1.807) is 30.4 Å². The summed E-state index contributed by atoms with van der Waals surface area (Å²) in [5.74, 6) is 0.312. The summed E-state index contributed by atoms with van der Waals surface area (Å²) >= 11 is 10.9. The number of aromatic nitrogens is 1. The Kier molecular flexibility index (Phi) is 12.0. The Morgan fingerprint density at radius 2 is 2.00 bits per heavy atom. The van der Waals surface area contributed by atoms with Crippen LogP contribution in [0.15, 0.2) is 66.2 Å². The maximum Gasteiger partial charge on any atom is 0.311 e. The van der Waals surface area contributed by atoms with Gasteiger partial charge in [0.1, 0.15) is 5.82 Å². The second-order valence-corrected chi connectivity index (χ2v) is 6.59. The van der Waals surface area contributed by atoms with E-state index >= 15 is 0 Å². The van der Waals surface area contributed by atoms with E-state index in [9.17, 15) is 15.4 Å². The van der Waals surface area contributed by atoms with Gasteiger partial charge in [-0.1, -0.05) is 36.4 Å². The number of nitrogens with zero attached hydrogens (tertiary/aromatic N) is 3. The number of nitrogen functional groups attached to an aromatic ring is 1. The zero-order valence-electron chi connectivity index (χ0n) is 17.5. The fourth-order valence-corrected chi connectivity index (χ4v) is 2.77. The molecule has 0 aliphatic rings. The molecule has 168 valence electrons. The molecular formula is C22H24Cl2N6O2. The Balaban J connectivity index is 0.00000249. The van der Waals surface area contributed by atoms with Crippen molar-refractivity contribution in [1.29, 1.82) is 5.26 Å². The first-order chi connectivity index (χ1) is 15.4. The largest absolute Gasteiger partial charge is 0.383 e. The second kappa shape index (κ2) is 14.5. The lowest BCUT2D eigenvalue weighted by atomic mass is 10.0. The molecule has 0 radical (unpaired) electrons. The maximum atomic E-state index is 10.8. The molecule has 0 saturated heterocycles. The topological polar surface area (TPSA) is 130 Å². The Morgan fingerprint density at radius 3 is 2.62 bits per heavy atom. The summed E-state index contributed by atoms with van der Waals surface area (Å²) in [6, 6.07) is 10.4. The van der Waals surface area contributed by atoms with Crippen molar-refractivity contribution in [2.75, 3.05) is 35.8 Å². The molecule has 0 saturated carbocycles. The van der Waals surface area contributed by atoms with Crippen molar-refractivity contribution in [3.8, 4) is 6.07 Å². The van der Waals surface area contributed by atoms with Gasteiger partial charge in [0.05, 0.1) is 16.6 Å². The summed E-state index contributed by atoms with van der Waals surface area (Å²) in [6.45, 7) is 4.66. The Morgan fingerprint density at radius 1 is 1.28 bits per heavy atom. The van der Waals surface area contributed by atoms with E-state index in [4.69, 9.17) is 17.3 Å². The van der Waals surface area contributed by atoms with Crippen molar-refractivity contribution < 1.29 is 4.92 Å². The molecule has 2 rings (SSSR count). The van der Waals surface area contributed by atoms with Crippen molar-refractivity contribution in [2.24, 2.45) is 0 Å². The van der Waals surface area contributed by atoms with E-state index in [0.29, 0.717) is 35.9 Å². The number of nitro groups is 1.